The SMILES string of the molecule is Cc1nc(-c2cc(F)c(F)c(F)c2)nc(NN)c1F. The van der Waals surface area contributed by atoms with Crippen LogP contribution in [0.3, 0.4) is 0 Å². The van der Waals surface area contributed by atoms with E-state index in [0.29, 0.717) is 12.1 Å². The van der Waals surface area contributed by atoms with Crippen LogP contribution in [0, 0.1) is 30.2 Å². The summed E-state index contributed by atoms with van der Waals surface area (Å²) in [7, 11) is 0. The summed E-state index contributed by atoms with van der Waals surface area (Å²) < 4.78 is 52.5. The minimum absolute atomic E-state index is 0.0666. The molecule has 0 amide bonds. The molecule has 2 rings (SSSR count). The second-order valence-corrected chi connectivity index (χ2v) is 3.69. The number of nitrogens with zero attached hydrogens (tertiary/aromatic N) is 2. The second kappa shape index (κ2) is 4.81. The summed E-state index contributed by atoms with van der Waals surface area (Å²) in [6.07, 6.45) is 0. The minimum atomic E-state index is -1.60. The number of hydrogen-bond acceptors (Lipinski definition) is 4. The Kier molecular flexibility index (Phi) is 3.34. The number of hydrogen-bond donors (Lipinski definition) is 2. The summed E-state index contributed by atoms with van der Waals surface area (Å²) in [5, 5.41) is 0. The van der Waals surface area contributed by atoms with Crippen LogP contribution in [-0.2, 0) is 0 Å². The molecular weight excluding hydrogens is 264 g/mol. The number of aromatic nitrogens is 2. The molecule has 0 fully saturated rings. The average molecular weight is 272 g/mol. The van der Waals surface area contributed by atoms with Crippen LogP contribution in [0.15, 0.2) is 12.1 Å². The molecule has 0 radical (unpaired) electrons. The van der Waals surface area contributed by atoms with E-state index in [-0.39, 0.29) is 22.9 Å². The molecule has 1 aromatic heterocycles. The lowest BCUT2D eigenvalue weighted by Crippen LogP contribution is -2.13. The fourth-order valence-corrected chi connectivity index (χ4v) is 1.47. The molecule has 3 N–H and O–H groups in total. The number of anilines is 1. The molecule has 100 valence electrons. The number of nitrogens with one attached hydrogen (secondary N) is 1. The number of aryl methyl sites for hydroxylation is 1. The Labute approximate surface area is 105 Å². The van der Waals surface area contributed by atoms with Crippen molar-refractivity contribution in [2.45, 2.75) is 6.92 Å². The Morgan fingerprint density at radius 1 is 1.00 bits per heavy atom. The quantitative estimate of drug-likeness (QED) is 0.381. The maximum Gasteiger partial charge on any atom is 0.194 e. The van der Waals surface area contributed by atoms with Crippen molar-refractivity contribution >= 4 is 5.82 Å². The number of halogens is 4. The molecule has 0 unspecified atom stereocenters. The molecule has 0 atom stereocenters. The number of nitrogens with two attached hydrogens (primary N) is 1. The topological polar surface area (TPSA) is 63.8 Å². The fraction of sp³-hybridized carbons (Fsp3) is 0.0909. The lowest BCUT2D eigenvalue weighted by Gasteiger charge is -2.07. The number of benzene rings is 1. The van der Waals surface area contributed by atoms with Gasteiger partial charge in [-0.2, -0.15) is 0 Å². The molecule has 0 spiro atoms. The maximum absolute atomic E-state index is 13.4. The van der Waals surface area contributed by atoms with Crippen LogP contribution in [0.2, 0.25) is 0 Å². The van der Waals surface area contributed by atoms with Crippen LogP contribution in [0.5, 0.6) is 0 Å². The first-order valence-corrected chi connectivity index (χ1v) is 5.09. The summed E-state index contributed by atoms with van der Waals surface area (Å²) >= 11 is 0. The summed E-state index contributed by atoms with van der Waals surface area (Å²) in [5.74, 6) is -0.594. The molecule has 0 saturated carbocycles. The maximum atomic E-state index is 13.4. The molecule has 0 aliphatic carbocycles. The lowest BCUT2D eigenvalue weighted by molar-refractivity contribution is 0.447. The Balaban J connectivity index is 2.62. The minimum Gasteiger partial charge on any atom is -0.306 e. The number of hydrazine groups is 1. The number of nitrogen functional groups attached to an aromatic ring is 1. The highest BCUT2D eigenvalue weighted by Crippen LogP contribution is 2.23. The van der Waals surface area contributed by atoms with E-state index < -0.39 is 23.3 Å². The molecule has 1 heterocycles. The zero-order valence-electron chi connectivity index (χ0n) is 9.64. The largest absolute Gasteiger partial charge is 0.306 e. The van der Waals surface area contributed by atoms with Gasteiger partial charge in [-0.15, -0.1) is 0 Å². The van der Waals surface area contributed by atoms with Gasteiger partial charge in [0.2, 0.25) is 0 Å². The van der Waals surface area contributed by atoms with Gasteiger partial charge in [0.05, 0.1) is 5.69 Å². The Hall–Kier alpha value is -2.22. The van der Waals surface area contributed by atoms with Gasteiger partial charge in [0.25, 0.3) is 0 Å². The Morgan fingerprint density at radius 2 is 1.58 bits per heavy atom. The van der Waals surface area contributed by atoms with E-state index in [2.05, 4.69) is 9.97 Å². The molecule has 4 nitrogen and oxygen atoms in total. The third kappa shape index (κ3) is 2.34. The van der Waals surface area contributed by atoms with Gasteiger partial charge in [0.15, 0.2) is 34.9 Å². The third-order valence-corrected chi connectivity index (χ3v) is 2.40. The fourth-order valence-electron chi connectivity index (χ4n) is 1.47. The predicted molar refractivity (Wildman–Crippen MR) is 59.8 cm³/mol. The summed E-state index contributed by atoms with van der Waals surface area (Å²) in [6, 6.07) is 1.43. The lowest BCUT2D eigenvalue weighted by atomic mass is 10.2. The van der Waals surface area contributed by atoms with Gasteiger partial charge in [0.1, 0.15) is 0 Å². The van der Waals surface area contributed by atoms with Crippen molar-refractivity contribution in [1.82, 2.24) is 9.97 Å². The van der Waals surface area contributed by atoms with E-state index in [9.17, 15) is 17.6 Å². The van der Waals surface area contributed by atoms with Gasteiger partial charge in [0, 0.05) is 5.56 Å². The van der Waals surface area contributed by atoms with E-state index in [1.54, 1.807) is 0 Å². The molecule has 1 aromatic carbocycles. The molecule has 0 aliphatic rings. The van der Waals surface area contributed by atoms with Gasteiger partial charge in [-0.1, -0.05) is 0 Å². The van der Waals surface area contributed by atoms with Gasteiger partial charge in [-0.05, 0) is 19.1 Å². The van der Waals surface area contributed by atoms with Crippen LogP contribution in [0.25, 0.3) is 11.4 Å². The zero-order valence-corrected chi connectivity index (χ0v) is 9.64. The van der Waals surface area contributed by atoms with Crippen molar-refractivity contribution in [2.24, 2.45) is 5.84 Å². The first kappa shape index (κ1) is 13.2. The van der Waals surface area contributed by atoms with Crippen LogP contribution in [0.4, 0.5) is 23.4 Å². The Bertz CT molecular complexity index is 622. The molecule has 2 aromatic rings. The average Bonchev–Trinajstić information content (AvgIpc) is 2.38. The smallest absolute Gasteiger partial charge is 0.194 e. The predicted octanol–water partition coefficient (Wildman–Crippen LogP) is 2.29. The zero-order chi connectivity index (χ0) is 14.2. The van der Waals surface area contributed by atoms with Crippen molar-refractivity contribution in [1.29, 1.82) is 0 Å². The summed E-state index contributed by atoms with van der Waals surface area (Å²) in [5.41, 5.74) is 1.80. The van der Waals surface area contributed by atoms with Crippen molar-refractivity contribution in [3.05, 3.63) is 41.1 Å². The van der Waals surface area contributed by atoms with Gasteiger partial charge in [-0.25, -0.2) is 33.4 Å². The van der Waals surface area contributed by atoms with Crippen molar-refractivity contribution in [3.8, 4) is 11.4 Å². The van der Waals surface area contributed by atoms with E-state index in [1.165, 1.54) is 6.92 Å². The highest BCUT2D eigenvalue weighted by atomic mass is 19.2. The van der Waals surface area contributed by atoms with E-state index in [0.717, 1.165) is 0 Å². The van der Waals surface area contributed by atoms with Crippen molar-refractivity contribution < 1.29 is 17.6 Å². The van der Waals surface area contributed by atoms with Gasteiger partial charge >= 0.3 is 0 Å². The van der Waals surface area contributed by atoms with Gasteiger partial charge in [-0.3, -0.25) is 0 Å². The summed E-state index contributed by atoms with van der Waals surface area (Å²) in [4.78, 5) is 7.38. The highest BCUT2D eigenvalue weighted by molar-refractivity contribution is 5.58. The molecule has 19 heavy (non-hydrogen) atoms. The van der Waals surface area contributed by atoms with E-state index in [4.69, 9.17) is 5.84 Å². The van der Waals surface area contributed by atoms with E-state index in [1.807, 2.05) is 5.43 Å². The van der Waals surface area contributed by atoms with Crippen LogP contribution in [0.1, 0.15) is 5.69 Å². The van der Waals surface area contributed by atoms with Crippen LogP contribution < -0.4 is 11.3 Å². The van der Waals surface area contributed by atoms with Crippen molar-refractivity contribution in [2.75, 3.05) is 5.43 Å². The van der Waals surface area contributed by atoms with Crippen molar-refractivity contribution in [3.63, 3.8) is 0 Å². The highest BCUT2D eigenvalue weighted by Gasteiger charge is 2.16. The second-order valence-electron chi connectivity index (χ2n) is 3.69. The summed E-state index contributed by atoms with van der Waals surface area (Å²) in [6.45, 7) is 1.33. The van der Waals surface area contributed by atoms with E-state index >= 15 is 0 Å². The Morgan fingerprint density at radius 3 is 2.11 bits per heavy atom. The monoisotopic (exact) mass is 272 g/mol. The molecule has 0 bridgehead atoms. The van der Waals surface area contributed by atoms with Gasteiger partial charge < -0.3 is 5.43 Å². The number of rotatable bonds is 2. The first-order chi connectivity index (χ1) is 8.93. The van der Waals surface area contributed by atoms with Crippen LogP contribution >= 0.6 is 0 Å². The van der Waals surface area contributed by atoms with Crippen LogP contribution in [-0.4, -0.2) is 9.97 Å². The standard InChI is InChI=1S/C11H8F4N4/c1-4-8(14)11(19-16)18-10(17-4)5-2-6(12)9(15)7(13)3-5/h2-3H,16H2,1H3,(H,17,18,19). The molecule has 0 saturated heterocycles. The molecular formula is C11H8F4N4. The molecule has 0 aliphatic heterocycles. The first-order valence-electron chi connectivity index (χ1n) is 5.09. The normalized spacial score (nSPS) is 10.6. The third-order valence-electron chi connectivity index (χ3n) is 2.40. The molecule has 8 heteroatoms.